The lowest BCUT2D eigenvalue weighted by Crippen LogP contribution is -2.36. The maximum absolute atomic E-state index is 12.2. The minimum Gasteiger partial charge on any atom is -0.494 e. The molecule has 0 bridgehead atoms. The molecule has 0 unspecified atom stereocenters. The summed E-state index contributed by atoms with van der Waals surface area (Å²) in [5.41, 5.74) is 0.484. The molecule has 12 nitrogen and oxygen atoms in total. The summed E-state index contributed by atoms with van der Waals surface area (Å²) in [7, 11) is -2.56. The van der Waals surface area contributed by atoms with Crippen molar-refractivity contribution >= 4 is 39.0 Å². The Morgan fingerprint density at radius 3 is 2.48 bits per heavy atom. The lowest BCUT2D eigenvalue weighted by atomic mass is 10.2. The molecule has 0 atom stereocenters. The fourth-order valence-corrected chi connectivity index (χ4v) is 3.52. The summed E-state index contributed by atoms with van der Waals surface area (Å²) >= 11 is 0. The van der Waals surface area contributed by atoms with Crippen LogP contribution >= 0.6 is 0 Å². The predicted octanol–water partition coefficient (Wildman–Crippen LogP) is 1.66. The molecule has 2 aromatic rings. The van der Waals surface area contributed by atoms with Crippen molar-refractivity contribution in [1.29, 1.82) is 0 Å². The van der Waals surface area contributed by atoms with E-state index in [1.165, 1.54) is 38.3 Å². The third kappa shape index (κ3) is 6.94. The van der Waals surface area contributed by atoms with E-state index in [2.05, 4.69) is 20.7 Å². The standard InChI is InChI=1S/C18H21N5O7S/c1-12(24)21-16-7-6-13(10-17(16)30-2)22-18(25)19-8-9-20-31(28,29)15-5-3-4-14(11-15)23(26)27/h3-7,10-11,20H,8-9H2,1-2H3,(H,21,24)(H2,19,22,25). The van der Waals surface area contributed by atoms with Crippen LogP contribution in [0.5, 0.6) is 5.75 Å². The summed E-state index contributed by atoms with van der Waals surface area (Å²) in [5.74, 6) is 0.0713. The van der Waals surface area contributed by atoms with Gasteiger partial charge in [0.05, 0.1) is 22.6 Å². The number of rotatable bonds is 9. The molecule has 0 radical (unpaired) electrons. The first-order chi connectivity index (χ1) is 14.6. The number of urea groups is 1. The summed E-state index contributed by atoms with van der Waals surface area (Å²) in [6.45, 7) is 1.18. The van der Waals surface area contributed by atoms with E-state index in [0.29, 0.717) is 17.1 Å². The predicted molar refractivity (Wildman–Crippen MR) is 113 cm³/mol. The Kier molecular flexibility index (Phi) is 7.88. The van der Waals surface area contributed by atoms with Gasteiger partial charge in [0.25, 0.3) is 5.69 Å². The van der Waals surface area contributed by atoms with Crippen molar-refractivity contribution < 1.29 is 27.7 Å². The van der Waals surface area contributed by atoms with Gasteiger partial charge in [-0.1, -0.05) is 6.07 Å². The molecule has 2 rings (SSSR count). The molecule has 4 N–H and O–H groups in total. The van der Waals surface area contributed by atoms with Crippen LogP contribution in [-0.2, 0) is 14.8 Å². The Labute approximate surface area is 178 Å². The fourth-order valence-electron chi connectivity index (χ4n) is 2.45. The van der Waals surface area contributed by atoms with Crippen LogP contribution in [0.3, 0.4) is 0 Å². The minimum absolute atomic E-state index is 0.0406. The van der Waals surface area contributed by atoms with E-state index in [1.54, 1.807) is 12.1 Å². The topological polar surface area (TPSA) is 169 Å². The summed E-state index contributed by atoms with van der Waals surface area (Å²) in [6, 6.07) is 8.65. The lowest BCUT2D eigenvalue weighted by molar-refractivity contribution is -0.385. The largest absolute Gasteiger partial charge is 0.494 e. The van der Waals surface area contributed by atoms with Gasteiger partial charge in [-0.3, -0.25) is 14.9 Å². The number of benzene rings is 2. The second-order valence-electron chi connectivity index (χ2n) is 6.13. The Bertz CT molecular complexity index is 1090. The fraction of sp³-hybridized carbons (Fsp3) is 0.222. The number of carbonyl (C=O) groups is 2. The van der Waals surface area contributed by atoms with Crippen LogP contribution in [0, 0.1) is 10.1 Å². The molecular weight excluding hydrogens is 430 g/mol. The molecule has 2 aromatic carbocycles. The van der Waals surface area contributed by atoms with Gasteiger partial charge in [-0.2, -0.15) is 0 Å². The maximum Gasteiger partial charge on any atom is 0.319 e. The Morgan fingerprint density at radius 1 is 1.10 bits per heavy atom. The molecule has 166 valence electrons. The normalized spacial score (nSPS) is 10.8. The highest BCUT2D eigenvalue weighted by Gasteiger charge is 2.17. The number of amides is 3. The first-order valence-corrected chi connectivity index (χ1v) is 10.4. The second-order valence-corrected chi connectivity index (χ2v) is 7.90. The molecule has 0 saturated carbocycles. The van der Waals surface area contributed by atoms with Crippen molar-refractivity contribution in [1.82, 2.24) is 10.0 Å². The number of methoxy groups -OCH3 is 1. The number of nitro groups is 1. The Morgan fingerprint density at radius 2 is 1.84 bits per heavy atom. The van der Waals surface area contributed by atoms with Crippen LogP contribution < -0.4 is 25.4 Å². The minimum atomic E-state index is -3.97. The number of carbonyl (C=O) groups excluding carboxylic acids is 2. The van der Waals surface area contributed by atoms with Crippen LogP contribution in [0.4, 0.5) is 21.9 Å². The third-order valence-corrected chi connectivity index (χ3v) is 5.27. The molecule has 0 spiro atoms. The highest BCUT2D eigenvalue weighted by molar-refractivity contribution is 7.89. The van der Waals surface area contributed by atoms with E-state index >= 15 is 0 Å². The van der Waals surface area contributed by atoms with Crippen molar-refractivity contribution in [2.75, 3.05) is 30.8 Å². The average Bonchev–Trinajstić information content (AvgIpc) is 2.72. The van der Waals surface area contributed by atoms with Gasteiger partial charge in [-0.25, -0.2) is 17.9 Å². The maximum atomic E-state index is 12.2. The van der Waals surface area contributed by atoms with Gasteiger partial charge in [0, 0.05) is 43.9 Å². The number of nitro benzene ring substituents is 1. The lowest BCUT2D eigenvalue weighted by Gasteiger charge is -2.12. The first kappa shape index (κ1) is 23.6. The van der Waals surface area contributed by atoms with Gasteiger partial charge in [-0.05, 0) is 18.2 Å². The summed E-state index contributed by atoms with van der Waals surface area (Å²) in [5, 5.41) is 18.4. The molecule has 0 aliphatic carbocycles. The zero-order valence-electron chi connectivity index (χ0n) is 16.7. The molecule has 0 fully saturated rings. The van der Waals surface area contributed by atoms with Crippen molar-refractivity contribution in [3.05, 3.63) is 52.6 Å². The summed E-state index contributed by atoms with van der Waals surface area (Å²) in [4.78, 5) is 33.0. The van der Waals surface area contributed by atoms with Crippen molar-refractivity contribution in [2.24, 2.45) is 0 Å². The second kappa shape index (κ2) is 10.4. The number of hydrogen-bond donors (Lipinski definition) is 4. The first-order valence-electron chi connectivity index (χ1n) is 8.87. The molecule has 31 heavy (non-hydrogen) atoms. The zero-order valence-corrected chi connectivity index (χ0v) is 17.5. The number of nitrogens with one attached hydrogen (secondary N) is 4. The monoisotopic (exact) mass is 451 g/mol. The number of nitrogens with zero attached hydrogens (tertiary/aromatic N) is 1. The number of sulfonamides is 1. The van der Waals surface area contributed by atoms with Gasteiger partial charge in [0.15, 0.2) is 0 Å². The zero-order chi connectivity index (χ0) is 23.0. The van der Waals surface area contributed by atoms with Gasteiger partial charge in [0.2, 0.25) is 15.9 Å². The van der Waals surface area contributed by atoms with Gasteiger partial charge < -0.3 is 20.7 Å². The van der Waals surface area contributed by atoms with E-state index in [9.17, 15) is 28.1 Å². The van der Waals surface area contributed by atoms with Crippen molar-refractivity contribution in [2.45, 2.75) is 11.8 Å². The average molecular weight is 451 g/mol. The van der Waals surface area contributed by atoms with E-state index in [0.717, 1.165) is 6.07 Å². The molecule has 3 amide bonds. The van der Waals surface area contributed by atoms with Crippen LogP contribution in [0.1, 0.15) is 6.92 Å². The molecule has 0 heterocycles. The van der Waals surface area contributed by atoms with Crippen LogP contribution in [-0.4, -0.2) is 45.5 Å². The molecule has 0 aliphatic heterocycles. The molecule has 0 aliphatic rings. The summed E-state index contributed by atoms with van der Waals surface area (Å²) in [6.07, 6.45) is 0. The highest BCUT2D eigenvalue weighted by Crippen LogP contribution is 2.27. The van der Waals surface area contributed by atoms with Crippen LogP contribution in [0.25, 0.3) is 0 Å². The smallest absolute Gasteiger partial charge is 0.319 e. The molecule has 0 aromatic heterocycles. The van der Waals surface area contributed by atoms with Crippen LogP contribution in [0.15, 0.2) is 47.4 Å². The Hall–Kier alpha value is -3.71. The SMILES string of the molecule is COc1cc(NC(=O)NCCNS(=O)(=O)c2cccc([N+](=O)[O-])c2)ccc1NC(C)=O. The quantitative estimate of drug-likeness (QED) is 0.255. The third-order valence-electron chi connectivity index (χ3n) is 3.81. The van der Waals surface area contributed by atoms with E-state index in [1.807, 2.05) is 0 Å². The van der Waals surface area contributed by atoms with E-state index in [4.69, 9.17) is 4.74 Å². The van der Waals surface area contributed by atoms with Gasteiger partial charge in [0.1, 0.15) is 5.75 Å². The molecule has 0 saturated heterocycles. The number of hydrogen-bond acceptors (Lipinski definition) is 7. The van der Waals surface area contributed by atoms with E-state index < -0.39 is 21.0 Å². The van der Waals surface area contributed by atoms with Gasteiger partial charge >= 0.3 is 6.03 Å². The number of anilines is 2. The summed E-state index contributed by atoms with van der Waals surface area (Å²) < 4.78 is 31.8. The molecular formula is C18H21N5O7S. The number of ether oxygens (including phenoxy) is 1. The Balaban J connectivity index is 1.87. The van der Waals surface area contributed by atoms with Crippen molar-refractivity contribution in [3.63, 3.8) is 0 Å². The van der Waals surface area contributed by atoms with Crippen molar-refractivity contribution in [3.8, 4) is 5.75 Å². The highest BCUT2D eigenvalue weighted by atomic mass is 32.2. The molecule has 13 heteroatoms. The van der Waals surface area contributed by atoms with Gasteiger partial charge in [-0.15, -0.1) is 0 Å². The van der Waals surface area contributed by atoms with E-state index in [-0.39, 0.29) is 29.6 Å². The van der Waals surface area contributed by atoms with Crippen LogP contribution in [0.2, 0.25) is 0 Å². The number of non-ortho nitro benzene ring substituents is 1.